The molecule has 0 saturated carbocycles. The number of carbonyl (C=O) groups excluding carboxylic acids is 1. The standard InChI is InChI=1S/CH4N2O3/c2-1(4)3-6-5/h5H,(H3,2,3,4). The van der Waals surface area contributed by atoms with Crippen LogP contribution in [0.4, 0.5) is 4.79 Å². The smallest absolute Gasteiger partial charge is 0.338 e. The Morgan fingerprint density at radius 2 is 2.50 bits per heavy atom. The van der Waals surface area contributed by atoms with E-state index < -0.39 is 6.03 Å². The van der Waals surface area contributed by atoms with Crippen molar-refractivity contribution in [1.29, 1.82) is 0 Å². The van der Waals surface area contributed by atoms with Crippen LogP contribution in [0.25, 0.3) is 0 Å². The normalized spacial score (nSPS) is 7.50. The molecular formula is CH4N2O3. The Kier molecular flexibility index (Phi) is 2.10. The first-order valence-corrected chi connectivity index (χ1v) is 1.13. The quantitative estimate of drug-likeness (QED) is 0.288. The predicted octanol–water partition coefficient (Wildman–Crippen LogP) is -0.941. The van der Waals surface area contributed by atoms with Gasteiger partial charge < -0.3 is 5.73 Å². The van der Waals surface area contributed by atoms with Crippen LogP contribution in [0.5, 0.6) is 0 Å². The monoisotopic (exact) mass is 92.0 g/mol. The van der Waals surface area contributed by atoms with Crippen LogP contribution in [-0.4, -0.2) is 11.3 Å². The first-order chi connectivity index (χ1) is 2.77. The van der Waals surface area contributed by atoms with Crippen LogP contribution in [0.3, 0.4) is 0 Å². The molecule has 0 unspecified atom stereocenters. The SMILES string of the molecule is NC(=O)NOO. The van der Waals surface area contributed by atoms with Gasteiger partial charge in [-0.25, -0.2) is 10.1 Å². The molecule has 0 aliphatic heterocycles. The third-order valence-corrected chi connectivity index (χ3v) is 0.146. The third kappa shape index (κ3) is 3.19. The summed E-state index contributed by atoms with van der Waals surface area (Å²) in [5.74, 6) is 0. The molecule has 0 aromatic carbocycles. The maximum atomic E-state index is 9.43. The molecule has 0 aromatic heterocycles. The number of primary amides is 1. The molecule has 0 atom stereocenters. The van der Waals surface area contributed by atoms with Gasteiger partial charge in [-0.2, -0.15) is 5.48 Å². The van der Waals surface area contributed by atoms with Crippen LogP contribution in [0, 0.1) is 0 Å². The summed E-state index contributed by atoms with van der Waals surface area (Å²) in [6, 6.07) is -0.933. The van der Waals surface area contributed by atoms with E-state index in [-0.39, 0.29) is 0 Å². The molecule has 0 spiro atoms. The van der Waals surface area contributed by atoms with E-state index in [9.17, 15) is 4.79 Å². The van der Waals surface area contributed by atoms with Crippen molar-refractivity contribution in [3.63, 3.8) is 0 Å². The molecule has 0 aliphatic carbocycles. The molecule has 4 N–H and O–H groups in total. The summed E-state index contributed by atoms with van der Waals surface area (Å²) in [4.78, 5) is 12.5. The van der Waals surface area contributed by atoms with Crippen molar-refractivity contribution in [3.05, 3.63) is 0 Å². The summed E-state index contributed by atoms with van der Waals surface area (Å²) < 4.78 is 0. The van der Waals surface area contributed by atoms with Gasteiger partial charge in [0.2, 0.25) is 0 Å². The lowest BCUT2D eigenvalue weighted by Gasteiger charge is -1.87. The minimum absolute atomic E-state index is 0.933. The zero-order chi connectivity index (χ0) is 4.99. The highest BCUT2D eigenvalue weighted by molar-refractivity contribution is 5.70. The molecule has 2 amide bonds. The number of carbonyl (C=O) groups is 1. The molecule has 0 aliphatic rings. The lowest BCUT2D eigenvalue weighted by atomic mass is 11.2. The molecule has 6 heavy (non-hydrogen) atoms. The van der Waals surface area contributed by atoms with Crippen molar-refractivity contribution < 1.29 is 15.0 Å². The molecule has 36 valence electrons. The second-order valence-electron chi connectivity index (χ2n) is 0.558. The molecule has 5 nitrogen and oxygen atoms in total. The Bertz CT molecular complexity index is 52.8. The zero-order valence-corrected chi connectivity index (χ0v) is 2.84. The first-order valence-electron chi connectivity index (χ1n) is 1.13. The number of hydroxylamine groups is 1. The topological polar surface area (TPSA) is 84.6 Å². The van der Waals surface area contributed by atoms with Gasteiger partial charge >= 0.3 is 6.03 Å². The van der Waals surface area contributed by atoms with Gasteiger partial charge in [-0.3, -0.25) is 0 Å². The maximum absolute atomic E-state index is 9.43. The zero-order valence-electron chi connectivity index (χ0n) is 2.84. The van der Waals surface area contributed by atoms with E-state index in [0.29, 0.717) is 0 Å². The second kappa shape index (κ2) is 2.43. The number of nitrogens with two attached hydrogens (primary N) is 1. The summed E-state index contributed by atoms with van der Waals surface area (Å²) in [6.45, 7) is 0. The Hall–Kier alpha value is -0.810. The number of rotatable bonds is 1. The van der Waals surface area contributed by atoms with Crippen molar-refractivity contribution in [1.82, 2.24) is 5.48 Å². The van der Waals surface area contributed by atoms with Gasteiger partial charge in [-0.1, -0.05) is 0 Å². The lowest BCUT2D eigenvalue weighted by molar-refractivity contribution is -0.276. The van der Waals surface area contributed by atoms with E-state index in [0.717, 1.165) is 0 Å². The lowest BCUT2D eigenvalue weighted by Crippen LogP contribution is -2.27. The minimum Gasteiger partial charge on any atom is -0.350 e. The van der Waals surface area contributed by atoms with Gasteiger partial charge in [0.25, 0.3) is 0 Å². The second-order valence-corrected chi connectivity index (χ2v) is 0.558. The highest BCUT2D eigenvalue weighted by Gasteiger charge is 1.81. The third-order valence-electron chi connectivity index (χ3n) is 0.146. The highest BCUT2D eigenvalue weighted by Crippen LogP contribution is 1.48. The molecule has 0 heterocycles. The highest BCUT2D eigenvalue weighted by atomic mass is 17.2. The molecular weight excluding hydrogens is 88.0 g/mol. The number of nitrogens with one attached hydrogen (secondary N) is 1. The van der Waals surface area contributed by atoms with E-state index in [4.69, 9.17) is 5.26 Å². The van der Waals surface area contributed by atoms with Crippen molar-refractivity contribution in [2.45, 2.75) is 0 Å². The average Bonchev–Trinajstić information content (AvgIpc) is 1.35. The van der Waals surface area contributed by atoms with E-state index >= 15 is 0 Å². The molecule has 0 aromatic rings. The Morgan fingerprint density at radius 3 is 2.50 bits per heavy atom. The van der Waals surface area contributed by atoms with Crippen molar-refractivity contribution in [3.8, 4) is 0 Å². The van der Waals surface area contributed by atoms with Crippen LogP contribution in [0.15, 0.2) is 0 Å². The van der Waals surface area contributed by atoms with E-state index in [1.165, 1.54) is 5.48 Å². The number of hydrogen-bond donors (Lipinski definition) is 3. The maximum Gasteiger partial charge on any atom is 0.338 e. The fraction of sp³-hybridized carbons (Fsp3) is 0. The molecule has 0 fully saturated rings. The summed E-state index contributed by atoms with van der Waals surface area (Å²) >= 11 is 0. The van der Waals surface area contributed by atoms with Crippen molar-refractivity contribution >= 4 is 6.03 Å². The van der Waals surface area contributed by atoms with Crippen molar-refractivity contribution in [2.24, 2.45) is 5.73 Å². The van der Waals surface area contributed by atoms with Gasteiger partial charge in [-0.05, 0) is 0 Å². The Balaban J connectivity index is 2.83. The fourth-order valence-electron chi connectivity index (χ4n) is 0.0450. The molecule has 5 heteroatoms. The van der Waals surface area contributed by atoms with E-state index in [1.807, 2.05) is 0 Å². The first kappa shape index (κ1) is 5.19. The van der Waals surface area contributed by atoms with Crippen LogP contribution in [0.1, 0.15) is 0 Å². The van der Waals surface area contributed by atoms with Gasteiger partial charge in [0, 0.05) is 0 Å². The van der Waals surface area contributed by atoms with Crippen LogP contribution in [-0.2, 0) is 4.99 Å². The summed E-state index contributed by atoms with van der Waals surface area (Å²) in [5.41, 5.74) is 5.77. The predicted molar refractivity (Wildman–Crippen MR) is 16.4 cm³/mol. The average molecular weight is 92.1 g/mol. The largest absolute Gasteiger partial charge is 0.350 e. The molecule has 0 bridgehead atoms. The number of urea groups is 1. The van der Waals surface area contributed by atoms with Gasteiger partial charge in [-0.15, -0.1) is 4.99 Å². The van der Waals surface area contributed by atoms with Crippen LogP contribution in [0.2, 0.25) is 0 Å². The number of amides is 2. The van der Waals surface area contributed by atoms with Crippen molar-refractivity contribution in [2.75, 3.05) is 0 Å². The summed E-state index contributed by atoms with van der Waals surface area (Å²) in [7, 11) is 0. The van der Waals surface area contributed by atoms with E-state index in [2.05, 4.69) is 10.7 Å². The Labute approximate surface area is 33.6 Å². The number of hydrogen-bond acceptors (Lipinski definition) is 3. The van der Waals surface area contributed by atoms with E-state index in [1.54, 1.807) is 0 Å². The van der Waals surface area contributed by atoms with Crippen LogP contribution >= 0.6 is 0 Å². The van der Waals surface area contributed by atoms with Crippen LogP contribution < -0.4 is 11.2 Å². The minimum atomic E-state index is -0.933. The summed E-state index contributed by atoms with van der Waals surface area (Å²) in [5, 5.41) is 7.32. The van der Waals surface area contributed by atoms with Gasteiger partial charge in [0.05, 0.1) is 0 Å². The Morgan fingerprint density at radius 1 is 2.00 bits per heavy atom. The molecule has 0 radical (unpaired) electrons. The van der Waals surface area contributed by atoms with Gasteiger partial charge in [0.15, 0.2) is 0 Å². The molecule has 0 rings (SSSR count). The summed E-state index contributed by atoms with van der Waals surface area (Å²) in [6.07, 6.45) is 0. The molecule has 0 saturated heterocycles. The van der Waals surface area contributed by atoms with Gasteiger partial charge in [0.1, 0.15) is 0 Å². The fourth-order valence-corrected chi connectivity index (χ4v) is 0.0450.